The predicted molar refractivity (Wildman–Crippen MR) is 75.9 cm³/mol. The Labute approximate surface area is 128 Å². The van der Waals surface area contributed by atoms with E-state index in [1.54, 1.807) is 0 Å². The number of anilines is 1. The number of fused-ring (bicyclic) bond motifs is 2. The highest BCUT2D eigenvalue weighted by Crippen LogP contribution is 2.37. The molecule has 2 aliphatic rings. The minimum atomic E-state index is -4.33. The van der Waals surface area contributed by atoms with Crippen molar-refractivity contribution in [2.75, 3.05) is 31.1 Å². The SMILES string of the molecule is Cl.Cl.FC(F)(F)c1cccnc1N1CCN2CCC1C2. The molecule has 0 saturated carbocycles. The maximum absolute atomic E-state index is 13.0. The van der Waals surface area contributed by atoms with Crippen LogP contribution in [0.3, 0.4) is 0 Å². The van der Waals surface area contributed by atoms with Crippen molar-refractivity contribution in [1.29, 1.82) is 0 Å². The van der Waals surface area contributed by atoms with Gasteiger partial charge in [0.2, 0.25) is 0 Å². The van der Waals surface area contributed by atoms with E-state index in [9.17, 15) is 13.2 Å². The van der Waals surface area contributed by atoms with Crippen LogP contribution in [0.5, 0.6) is 0 Å². The summed E-state index contributed by atoms with van der Waals surface area (Å²) in [4.78, 5) is 8.09. The molecule has 2 bridgehead atoms. The lowest BCUT2D eigenvalue weighted by Gasteiger charge is -2.36. The first kappa shape index (κ1) is 17.3. The van der Waals surface area contributed by atoms with E-state index in [0.717, 1.165) is 32.1 Å². The molecule has 0 amide bonds. The van der Waals surface area contributed by atoms with Gasteiger partial charge in [-0.1, -0.05) is 0 Å². The fourth-order valence-electron chi connectivity index (χ4n) is 2.83. The molecule has 0 spiro atoms. The summed E-state index contributed by atoms with van der Waals surface area (Å²) in [6.45, 7) is 3.29. The van der Waals surface area contributed by atoms with Crippen molar-refractivity contribution < 1.29 is 13.2 Å². The molecule has 3 rings (SSSR count). The highest BCUT2D eigenvalue weighted by Gasteiger charge is 2.39. The second-order valence-corrected chi connectivity index (χ2v) is 4.81. The van der Waals surface area contributed by atoms with Crippen molar-refractivity contribution in [2.24, 2.45) is 0 Å². The summed E-state index contributed by atoms with van der Waals surface area (Å²) in [5, 5.41) is 0. The molecule has 3 nitrogen and oxygen atoms in total. The van der Waals surface area contributed by atoms with Crippen LogP contribution in [-0.4, -0.2) is 42.1 Å². The molecule has 0 N–H and O–H groups in total. The fourth-order valence-corrected chi connectivity index (χ4v) is 2.83. The molecule has 3 heterocycles. The molecule has 0 radical (unpaired) electrons. The molecule has 0 aromatic carbocycles. The van der Waals surface area contributed by atoms with Crippen molar-refractivity contribution in [3.05, 3.63) is 23.9 Å². The predicted octanol–water partition coefficient (Wildman–Crippen LogP) is 2.84. The van der Waals surface area contributed by atoms with Gasteiger partial charge in [0.1, 0.15) is 5.82 Å². The van der Waals surface area contributed by atoms with Gasteiger partial charge in [-0.25, -0.2) is 4.98 Å². The van der Waals surface area contributed by atoms with Crippen LogP contribution in [0.25, 0.3) is 0 Å². The second-order valence-electron chi connectivity index (χ2n) is 4.81. The van der Waals surface area contributed by atoms with E-state index in [4.69, 9.17) is 0 Å². The maximum atomic E-state index is 13.0. The van der Waals surface area contributed by atoms with E-state index in [2.05, 4.69) is 9.88 Å². The maximum Gasteiger partial charge on any atom is 0.419 e. The first-order chi connectivity index (χ1) is 8.55. The van der Waals surface area contributed by atoms with Gasteiger partial charge in [-0.15, -0.1) is 24.8 Å². The zero-order valence-corrected chi connectivity index (χ0v) is 12.3. The van der Waals surface area contributed by atoms with Crippen molar-refractivity contribution in [2.45, 2.75) is 18.6 Å². The number of pyridine rings is 1. The van der Waals surface area contributed by atoms with Crippen molar-refractivity contribution in [3.8, 4) is 0 Å². The third-order valence-corrected chi connectivity index (χ3v) is 3.71. The van der Waals surface area contributed by atoms with Crippen LogP contribution in [0.15, 0.2) is 18.3 Å². The number of hydrogen-bond donors (Lipinski definition) is 0. The molecule has 1 aromatic heterocycles. The number of hydrogen-bond acceptors (Lipinski definition) is 3. The van der Waals surface area contributed by atoms with Gasteiger partial charge in [0.05, 0.1) is 5.56 Å². The molecule has 2 unspecified atom stereocenters. The smallest absolute Gasteiger partial charge is 0.351 e. The zero-order chi connectivity index (χ0) is 12.8. The number of piperazine rings is 1. The lowest BCUT2D eigenvalue weighted by Crippen LogP contribution is -2.47. The average molecular weight is 330 g/mol. The third-order valence-electron chi connectivity index (χ3n) is 3.71. The topological polar surface area (TPSA) is 19.4 Å². The molecular weight excluding hydrogens is 314 g/mol. The van der Waals surface area contributed by atoms with Gasteiger partial charge in [-0.3, -0.25) is 4.90 Å². The summed E-state index contributed by atoms with van der Waals surface area (Å²) in [5.41, 5.74) is -0.620. The number of aromatic nitrogens is 1. The van der Waals surface area contributed by atoms with Gasteiger partial charge in [0.15, 0.2) is 0 Å². The highest BCUT2D eigenvalue weighted by molar-refractivity contribution is 5.85. The quantitative estimate of drug-likeness (QED) is 0.789. The number of nitrogens with zero attached hydrogens (tertiary/aromatic N) is 3. The molecule has 20 heavy (non-hydrogen) atoms. The van der Waals surface area contributed by atoms with Crippen molar-refractivity contribution in [1.82, 2.24) is 9.88 Å². The number of alkyl halides is 3. The van der Waals surface area contributed by atoms with E-state index >= 15 is 0 Å². The average Bonchev–Trinajstić information content (AvgIpc) is 2.70. The van der Waals surface area contributed by atoms with E-state index in [1.807, 2.05) is 4.90 Å². The fraction of sp³-hybridized carbons (Fsp3) is 0.583. The Morgan fingerprint density at radius 2 is 1.90 bits per heavy atom. The highest BCUT2D eigenvalue weighted by atomic mass is 35.5. The third kappa shape index (κ3) is 3.13. The molecule has 114 valence electrons. The molecule has 2 fully saturated rings. The molecular formula is C12H16Cl2F3N3. The largest absolute Gasteiger partial charge is 0.419 e. The Hall–Kier alpha value is -0.720. The van der Waals surface area contributed by atoms with Gasteiger partial charge < -0.3 is 4.90 Å². The standard InChI is InChI=1S/C12H14F3N3.2ClH/c13-12(14,15)10-2-1-4-16-11(10)18-7-6-17-5-3-9(18)8-17;;/h1-2,4,9H,3,5-8H2;2*1H. The van der Waals surface area contributed by atoms with Gasteiger partial charge >= 0.3 is 6.18 Å². The Morgan fingerprint density at radius 1 is 1.15 bits per heavy atom. The van der Waals surface area contributed by atoms with Crippen molar-refractivity contribution >= 4 is 30.6 Å². The first-order valence-electron chi connectivity index (χ1n) is 6.07. The first-order valence-corrected chi connectivity index (χ1v) is 6.07. The van der Waals surface area contributed by atoms with Crippen LogP contribution in [0, 0.1) is 0 Å². The number of rotatable bonds is 1. The minimum Gasteiger partial charge on any atom is -0.351 e. The molecule has 2 aliphatic heterocycles. The summed E-state index contributed by atoms with van der Waals surface area (Å²) in [6, 6.07) is 2.63. The lowest BCUT2D eigenvalue weighted by atomic mass is 10.1. The minimum absolute atomic E-state index is 0. The van der Waals surface area contributed by atoms with Gasteiger partial charge in [-0.05, 0) is 18.6 Å². The van der Waals surface area contributed by atoms with Gasteiger partial charge in [0.25, 0.3) is 0 Å². The summed E-state index contributed by atoms with van der Waals surface area (Å²) in [6.07, 6.45) is -1.97. The van der Waals surface area contributed by atoms with E-state index in [0.29, 0.717) is 6.54 Å². The van der Waals surface area contributed by atoms with Crippen LogP contribution in [0.2, 0.25) is 0 Å². The normalized spacial score (nSPS) is 24.9. The van der Waals surface area contributed by atoms with Gasteiger partial charge in [0, 0.05) is 38.4 Å². The van der Waals surface area contributed by atoms with Crippen LogP contribution < -0.4 is 4.90 Å². The second kappa shape index (κ2) is 6.37. The molecule has 0 aliphatic carbocycles. The molecule has 1 aromatic rings. The van der Waals surface area contributed by atoms with E-state index in [1.165, 1.54) is 12.3 Å². The molecule has 2 saturated heterocycles. The molecule has 8 heteroatoms. The van der Waals surface area contributed by atoms with Crippen LogP contribution in [-0.2, 0) is 6.18 Å². The van der Waals surface area contributed by atoms with E-state index in [-0.39, 0.29) is 36.7 Å². The van der Waals surface area contributed by atoms with E-state index < -0.39 is 11.7 Å². The summed E-state index contributed by atoms with van der Waals surface area (Å²) in [5.74, 6) is 0.0940. The van der Waals surface area contributed by atoms with Crippen molar-refractivity contribution in [3.63, 3.8) is 0 Å². The van der Waals surface area contributed by atoms with Gasteiger partial charge in [-0.2, -0.15) is 13.2 Å². The Balaban J connectivity index is 0.000001000. The van der Waals surface area contributed by atoms with Crippen LogP contribution in [0.4, 0.5) is 19.0 Å². The summed E-state index contributed by atoms with van der Waals surface area (Å²) >= 11 is 0. The number of halogens is 5. The zero-order valence-electron chi connectivity index (χ0n) is 10.6. The molecule has 2 atom stereocenters. The van der Waals surface area contributed by atoms with Crippen LogP contribution in [0.1, 0.15) is 12.0 Å². The van der Waals surface area contributed by atoms with Crippen LogP contribution >= 0.6 is 24.8 Å². The Morgan fingerprint density at radius 3 is 2.60 bits per heavy atom. The Kier molecular flexibility index (Phi) is 5.52. The summed E-state index contributed by atoms with van der Waals surface area (Å²) < 4.78 is 38.9. The lowest BCUT2D eigenvalue weighted by molar-refractivity contribution is -0.137. The Bertz CT molecular complexity index is 456. The summed E-state index contributed by atoms with van der Waals surface area (Å²) in [7, 11) is 0. The monoisotopic (exact) mass is 329 g/mol.